The molecular formula is C18H17F3N4O2S. The number of benzene rings is 1. The molecule has 6 nitrogen and oxygen atoms in total. The average molecular weight is 410 g/mol. The lowest BCUT2D eigenvalue weighted by Gasteiger charge is -2.28. The van der Waals surface area contributed by atoms with Gasteiger partial charge in [-0.05, 0) is 25.0 Å². The molecule has 1 aliphatic heterocycles. The maximum Gasteiger partial charge on any atom is 0.334 e. The molecule has 0 saturated carbocycles. The van der Waals surface area contributed by atoms with Crippen molar-refractivity contribution in [1.29, 1.82) is 0 Å². The normalized spacial score (nSPS) is 14.5. The van der Waals surface area contributed by atoms with E-state index in [1.807, 2.05) is 0 Å². The highest BCUT2D eigenvalue weighted by molar-refractivity contribution is 7.80. The summed E-state index contributed by atoms with van der Waals surface area (Å²) in [5.74, 6) is -3.82. The molecule has 0 radical (unpaired) electrons. The topological polar surface area (TPSA) is 84.4 Å². The van der Waals surface area contributed by atoms with Crippen LogP contribution in [0.25, 0.3) is 0 Å². The molecule has 10 heteroatoms. The van der Waals surface area contributed by atoms with E-state index in [1.165, 1.54) is 15.8 Å². The fourth-order valence-corrected chi connectivity index (χ4v) is 3.35. The number of nitrogens with two attached hydrogens (primary N) is 1. The molecule has 1 aromatic carbocycles. The second-order valence-corrected chi connectivity index (χ2v) is 7.02. The van der Waals surface area contributed by atoms with Crippen molar-refractivity contribution in [3.8, 4) is 0 Å². The third kappa shape index (κ3) is 4.07. The van der Waals surface area contributed by atoms with Crippen molar-refractivity contribution >= 4 is 29.0 Å². The van der Waals surface area contributed by atoms with Crippen LogP contribution < -0.4 is 10.6 Å². The Hall–Kier alpha value is -2.72. The fraction of sp³-hybridized carbons (Fsp3) is 0.278. The van der Waals surface area contributed by atoms with Gasteiger partial charge in [-0.25, -0.2) is 22.6 Å². The number of aromatic nitrogens is 2. The molecule has 2 aromatic rings. The summed E-state index contributed by atoms with van der Waals surface area (Å²) in [7, 11) is 0. The molecule has 0 saturated heterocycles. The molecular weight excluding hydrogens is 393 g/mol. The summed E-state index contributed by atoms with van der Waals surface area (Å²) in [6.45, 7) is 1.87. The summed E-state index contributed by atoms with van der Waals surface area (Å²) in [6.07, 6.45) is 1.44. The summed E-state index contributed by atoms with van der Waals surface area (Å²) < 4.78 is 41.8. The van der Waals surface area contributed by atoms with E-state index in [0.29, 0.717) is 22.6 Å². The van der Waals surface area contributed by atoms with Crippen LogP contribution in [0.15, 0.2) is 30.0 Å². The Balaban J connectivity index is 1.78. The quantitative estimate of drug-likeness (QED) is 0.583. The molecule has 0 amide bonds. The molecule has 28 heavy (non-hydrogen) atoms. The Morgan fingerprint density at radius 1 is 1.29 bits per heavy atom. The Labute approximate surface area is 164 Å². The molecule has 0 fully saturated rings. The van der Waals surface area contributed by atoms with E-state index in [9.17, 15) is 23.1 Å². The number of rotatable bonds is 5. The molecule has 3 rings (SSSR count). The van der Waals surface area contributed by atoms with E-state index >= 15 is 0 Å². The fourth-order valence-electron chi connectivity index (χ4n) is 2.99. The molecule has 0 unspecified atom stereocenters. The highest BCUT2D eigenvalue weighted by Gasteiger charge is 2.26. The predicted molar refractivity (Wildman–Crippen MR) is 100 cm³/mol. The monoisotopic (exact) mass is 410 g/mol. The van der Waals surface area contributed by atoms with Gasteiger partial charge in [0.15, 0.2) is 11.6 Å². The molecule has 0 bridgehead atoms. The van der Waals surface area contributed by atoms with E-state index in [1.54, 1.807) is 13.0 Å². The van der Waals surface area contributed by atoms with Crippen LogP contribution in [0.2, 0.25) is 0 Å². The number of nitrogens with zero attached hydrogens (tertiary/aromatic N) is 3. The zero-order valence-electron chi connectivity index (χ0n) is 14.8. The van der Waals surface area contributed by atoms with E-state index in [-0.39, 0.29) is 30.5 Å². The van der Waals surface area contributed by atoms with Crippen LogP contribution in [0.5, 0.6) is 0 Å². The molecule has 148 valence electrons. The Kier molecular flexibility index (Phi) is 5.52. The third-order valence-electron chi connectivity index (χ3n) is 4.28. The maximum absolute atomic E-state index is 13.8. The van der Waals surface area contributed by atoms with E-state index < -0.39 is 29.5 Å². The maximum atomic E-state index is 13.8. The first-order valence-electron chi connectivity index (χ1n) is 8.35. The lowest BCUT2D eigenvalue weighted by Crippen LogP contribution is -2.36. The Morgan fingerprint density at radius 3 is 2.64 bits per heavy atom. The van der Waals surface area contributed by atoms with Crippen molar-refractivity contribution < 1.29 is 23.1 Å². The lowest BCUT2D eigenvalue weighted by molar-refractivity contribution is -0.132. The highest BCUT2D eigenvalue weighted by Crippen LogP contribution is 2.26. The minimum atomic E-state index is -1.27. The molecule has 0 spiro atoms. The number of hydrogen-bond acceptors (Lipinski definition) is 4. The molecule has 1 aromatic heterocycles. The van der Waals surface area contributed by atoms with Gasteiger partial charge in [-0.15, -0.1) is 0 Å². The second kappa shape index (κ2) is 7.72. The minimum Gasteiger partial charge on any atom is -0.478 e. The number of fused-ring (bicyclic) bond motifs is 1. The summed E-state index contributed by atoms with van der Waals surface area (Å²) in [4.78, 5) is 13.2. The van der Waals surface area contributed by atoms with Crippen LogP contribution in [0.4, 0.5) is 19.0 Å². The van der Waals surface area contributed by atoms with Crippen molar-refractivity contribution in [1.82, 2.24) is 9.78 Å². The van der Waals surface area contributed by atoms with Gasteiger partial charge in [-0.2, -0.15) is 5.10 Å². The lowest BCUT2D eigenvalue weighted by atomic mass is 10.0. The summed E-state index contributed by atoms with van der Waals surface area (Å²) in [6, 6.07) is 2.31. The number of carbonyl (C=O) groups is 1. The van der Waals surface area contributed by atoms with Crippen LogP contribution in [-0.4, -0.2) is 31.9 Å². The van der Waals surface area contributed by atoms with Gasteiger partial charge in [0, 0.05) is 30.8 Å². The van der Waals surface area contributed by atoms with Gasteiger partial charge in [-0.3, -0.25) is 4.90 Å². The largest absolute Gasteiger partial charge is 0.478 e. The van der Waals surface area contributed by atoms with Gasteiger partial charge in [0.2, 0.25) is 0 Å². The number of carboxylic acids is 1. The Bertz CT molecular complexity index is 989. The zero-order chi connectivity index (χ0) is 20.6. The van der Waals surface area contributed by atoms with Gasteiger partial charge < -0.3 is 10.8 Å². The summed E-state index contributed by atoms with van der Waals surface area (Å²) in [5, 5.41) is 13.6. The first-order valence-corrected chi connectivity index (χ1v) is 8.76. The van der Waals surface area contributed by atoms with Gasteiger partial charge in [0.25, 0.3) is 0 Å². The van der Waals surface area contributed by atoms with Crippen LogP contribution >= 0.6 is 12.2 Å². The Morgan fingerprint density at radius 2 is 1.96 bits per heavy atom. The van der Waals surface area contributed by atoms with Crippen molar-refractivity contribution in [3.63, 3.8) is 0 Å². The minimum absolute atomic E-state index is 0.0597. The van der Waals surface area contributed by atoms with Crippen LogP contribution in [0, 0.1) is 24.4 Å². The number of thiocarbonyl (C=S) groups is 1. The standard InChI is InChI=1S/C18H17F3N4O2S/c1-9-2-16-24(7-11(18(26)27)8-25(16)23-9)17(28)5-12(22)3-10-4-14(20)15(21)6-13(10)19/h2,4,6-7,12H,3,5,8,22H2,1H3,(H,26,27)/t12-/m1/s1. The molecule has 3 N–H and O–H groups in total. The summed E-state index contributed by atoms with van der Waals surface area (Å²) >= 11 is 5.41. The zero-order valence-corrected chi connectivity index (χ0v) is 15.6. The number of aliphatic carboxylic acids is 1. The number of anilines is 1. The number of carboxylic acid groups (broad SMARTS) is 1. The van der Waals surface area contributed by atoms with Gasteiger partial charge in [0.1, 0.15) is 11.6 Å². The van der Waals surface area contributed by atoms with Crippen molar-refractivity contribution in [2.75, 3.05) is 4.90 Å². The average Bonchev–Trinajstić information content (AvgIpc) is 2.98. The van der Waals surface area contributed by atoms with Crippen molar-refractivity contribution in [3.05, 3.63) is 58.7 Å². The molecule has 1 aliphatic rings. The first-order chi connectivity index (χ1) is 13.2. The number of aryl methyl sites for hydroxylation is 1. The third-order valence-corrected chi connectivity index (χ3v) is 4.65. The van der Waals surface area contributed by atoms with E-state index in [0.717, 1.165) is 6.07 Å². The van der Waals surface area contributed by atoms with Crippen LogP contribution in [-0.2, 0) is 17.8 Å². The van der Waals surface area contributed by atoms with Crippen LogP contribution in [0.3, 0.4) is 0 Å². The summed E-state index contributed by atoms with van der Waals surface area (Å²) in [5.41, 5.74) is 6.76. The van der Waals surface area contributed by atoms with Crippen molar-refractivity contribution in [2.24, 2.45) is 5.73 Å². The number of hydrogen-bond donors (Lipinski definition) is 2. The molecule has 0 aliphatic carbocycles. The van der Waals surface area contributed by atoms with Gasteiger partial charge >= 0.3 is 5.97 Å². The first kappa shape index (κ1) is 20.0. The van der Waals surface area contributed by atoms with Crippen molar-refractivity contribution in [2.45, 2.75) is 32.4 Å². The van der Waals surface area contributed by atoms with E-state index in [4.69, 9.17) is 18.0 Å². The van der Waals surface area contributed by atoms with E-state index in [2.05, 4.69) is 5.10 Å². The molecule has 1 atom stereocenters. The van der Waals surface area contributed by atoms with Gasteiger partial charge in [0.05, 0.1) is 22.8 Å². The number of halogens is 3. The highest BCUT2D eigenvalue weighted by atomic mass is 32.1. The van der Waals surface area contributed by atoms with Gasteiger partial charge in [-0.1, -0.05) is 12.2 Å². The van der Waals surface area contributed by atoms with Crippen LogP contribution in [0.1, 0.15) is 17.7 Å². The second-order valence-electron chi connectivity index (χ2n) is 6.55. The smallest absolute Gasteiger partial charge is 0.334 e. The predicted octanol–water partition coefficient (Wildman–Crippen LogP) is 2.68. The molecule has 2 heterocycles. The SMILES string of the molecule is Cc1cc2n(n1)CC(C(=O)O)=CN2C(=S)C[C@H](N)Cc1cc(F)c(F)cc1F.